The normalized spacial score (nSPS) is 10.9. The standard InChI is InChI=1S/C7H6BrClF2N2/c8-4-1-5(9)13-6(7(10)11)3(4)2-12/h1,7H,2,12H2. The van der Waals surface area contributed by atoms with Gasteiger partial charge < -0.3 is 5.73 Å². The molecule has 1 rings (SSSR count). The van der Waals surface area contributed by atoms with Crippen LogP contribution in [0.25, 0.3) is 0 Å². The van der Waals surface area contributed by atoms with E-state index in [1.807, 2.05) is 0 Å². The summed E-state index contributed by atoms with van der Waals surface area (Å²) in [6, 6.07) is 1.44. The molecule has 0 fully saturated rings. The summed E-state index contributed by atoms with van der Waals surface area (Å²) in [4.78, 5) is 3.51. The van der Waals surface area contributed by atoms with Gasteiger partial charge >= 0.3 is 0 Å². The molecule has 0 spiro atoms. The largest absolute Gasteiger partial charge is 0.326 e. The second kappa shape index (κ2) is 4.30. The molecule has 0 amide bonds. The Morgan fingerprint density at radius 3 is 2.69 bits per heavy atom. The van der Waals surface area contributed by atoms with Crippen LogP contribution in [0.5, 0.6) is 0 Å². The van der Waals surface area contributed by atoms with E-state index in [9.17, 15) is 8.78 Å². The minimum absolute atomic E-state index is 0.00439. The summed E-state index contributed by atoms with van der Waals surface area (Å²) in [5, 5.41) is 0.0272. The minimum atomic E-state index is -2.66. The van der Waals surface area contributed by atoms with Crippen LogP contribution < -0.4 is 5.73 Å². The monoisotopic (exact) mass is 270 g/mol. The van der Waals surface area contributed by atoms with Crippen molar-refractivity contribution in [3.8, 4) is 0 Å². The van der Waals surface area contributed by atoms with Crippen LogP contribution in [0.2, 0.25) is 5.15 Å². The van der Waals surface area contributed by atoms with Crippen LogP contribution in [-0.2, 0) is 6.54 Å². The molecule has 0 saturated heterocycles. The van der Waals surface area contributed by atoms with E-state index >= 15 is 0 Å². The van der Waals surface area contributed by atoms with Crippen molar-refractivity contribution in [2.75, 3.05) is 0 Å². The average molecular weight is 271 g/mol. The van der Waals surface area contributed by atoms with Gasteiger partial charge in [0, 0.05) is 16.6 Å². The summed E-state index contributed by atoms with van der Waals surface area (Å²) in [7, 11) is 0. The first-order valence-electron chi connectivity index (χ1n) is 3.39. The van der Waals surface area contributed by atoms with E-state index in [1.165, 1.54) is 6.07 Å². The average Bonchev–Trinajstić information content (AvgIpc) is 2.02. The van der Waals surface area contributed by atoms with Crippen molar-refractivity contribution in [2.24, 2.45) is 5.73 Å². The first-order chi connectivity index (χ1) is 6.06. The molecule has 0 aromatic carbocycles. The molecule has 1 aromatic heterocycles. The Balaban J connectivity index is 3.29. The number of alkyl halides is 2. The van der Waals surface area contributed by atoms with Crippen LogP contribution in [0, 0.1) is 0 Å². The number of pyridine rings is 1. The molecule has 1 aromatic rings. The molecule has 0 radical (unpaired) electrons. The van der Waals surface area contributed by atoms with Gasteiger partial charge in [0.15, 0.2) is 0 Å². The highest BCUT2D eigenvalue weighted by atomic mass is 79.9. The third-order valence-corrected chi connectivity index (χ3v) is 2.38. The first kappa shape index (κ1) is 10.8. The van der Waals surface area contributed by atoms with Crippen molar-refractivity contribution in [3.05, 3.63) is 26.9 Å². The maximum atomic E-state index is 12.4. The smallest absolute Gasteiger partial charge is 0.280 e. The lowest BCUT2D eigenvalue weighted by Crippen LogP contribution is -2.05. The summed E-state index contributed by atoms with van der Waals surface area (Å²) in [5.74, 6) is 0. The zero-order valence-electron chi connectivity index (χ0n) is 6.40. The van der Waals surface area contributed by atoms with Crippen LogP contribution >= 0.6 is 27.5 Å². The Labute approximate surface area is 87.2 Å². The van der Waals surface area contributed by atoms with E-state index < -0.39 is 6.43 Å². The Bertz CT molecular complexity index is 320. The second-order valence-electron chi connectivity index (χ2n) is 2.30. The SMILES string of the molecule is NCc1c(Br)cc(Cl)nc1C(F)F. The molecular weight excluding hydrogens is 265 g/mol. The van der Waals surface area contributed by atoms with Gasteiger partial charge in [-0.2, -0.15) is 0 Å². The van der Waals surface area contributed by atoms with E-state index in [4.69, 9.17) is 17.3 Å². The van der Waals surface area contributed by atoms with E-state index in [-0.39, 0.29) is 17.4 Å². The van der Waals surface area contributed by atoms with E-state index in [0.29, 0.717) is 10.0 Å². The van der Waals surface area contributed by atoms with Crippen molar-refractivity contribution in [3.63, 3.8) is 0 Å². The molecule has 0 aliphatic rings. The highest BCUT2D eigenvalue weighted by Crippen LogP contribution is 2.28. The Hall–Kier alpha value is -0.260. The lowest BCUT2D eigenvalue weighted by atomic mass is 10.2. The van der Waals surface area contributed by atoms with Gasteiger partial charge in [-0.15, -0.1) is 0 Å². The topological polar surface area (TPSA) is 38.9 Å². The molecule has 0 bridgehead atoms. The van der Waals surface area contributed by atoms with E-state index in [1.54, 1.807) is 0 Å². The van der Waals surface area contributed by atoms with Gasteiger partial charge in [0.2, 0.25) is 0 Å². The maximum absolute atomic E-state index is 12.4. The maximum Gasteiger partial charge on any atom is 0.280 e. The van der Waals surface area contributed by atoms with Crippen molar-refractivity contribution in [1.82, 2.24) is 4.98 Å². The van der Waals surface area contributed by atoms with Gasteiger partial charge in [-0.3, -0.25) is 0 Å². The number of rotatable bonds is 2. The third kappa shape index (κ3) is 2.36. The molecule has 6 heteroatoms. The molecular formula is C7H6BrClF2N2. The number of nitrogens with zero attached hydrogens (tertiary/aromatic N) is 1. The number of aromatic nitrogens is 1. The Morgan fingerprint density at radius 2 is 2.23 bits per heavy atom. The van der Waals surface area contributed by atoms with Gasteiger partial charge in [0.25, 0.3) is 6.43 Å². The molecule has 13 heavy (non-hydrogen) atoms. The third-order valence-electron chi connectivity index (χ3n) is 1.48. The van der Waals surface area contributed by atoms with Gasteiger partial charge in [-0.25, -0.2) is 13.8 Å². The molecule has 0 aliphatic carbocycles. The molecule has 0 saturated carbocycles. The molecule has 0 aliphatic heterocycles. The van der Waals surface area contributed by atoms with Crippen LogP contribution in [0.15, 0.2) is 10.5 Å². The predicted molar refractivity (Wildman–Crippen MR) is 49.8 cm³/mol. The van der Waals surface area contributed by atoms with Crippen LogP contribution in [0.1, 0.15) is 17.7 Å². The Kier molecular flexibility index (Phi) is 3.58. The fourth-order valence-electron chi connectivity index (χ4n) is 0.911. The van der Waals surface area contributed by atoms with Crippen LogP contribution in [-0.4, -0.2) is 4.98 Å². The first-order valence-corrected chi connectivity index (χ1v) is 4.56. The molecule has 2 nitrogen and oxygen atoms in total. The Morgan fingerprint density at radius 1 is 1.62 bits per heavy atom. The minimum Gasteiger partial charge on any atom is -0.326 e. The highest BCUT2D eigenvalue weighted by Gasteiger charge is 2.17. The van der Waals surface area contributed by atoms with Gasteiger partial charge in [0.1, 0.15) is 10.8 Å². The van der Waals surface area contributed by atoms with Gasteiger partial charge in [0.05, 0.1) is 0 Å². The fraction of sp³-hybridized carbons (Fsp3) is 0.286. The summed E-state index contributed by atoms with van der Waals surface area (Å²) in [6.07, 6.45) is -2.66. The van der Waals surface area contributed by atoms with Crippen molar-refractivity contribution >= 4 is 27.5 Å². The number of halogens is 4. The van der Waals surface area contributed by atoms with Crippen molar-refractivity contribution in [2.45, 2.75) is 13.0 Å². The summed E-state index contributed by atoms with van der Waals surface area (Å²) in [5.41, 5.74) is 5.22. The zero-order valence-corrected chi connectivity index (χ0v) is 8.74. The fourth-order valence-corrected chi connectivity index (χ4v) is 1.83. The van der Waals surface area contributed by atoms with Crippen LogP contribution in [0.4, 0.5) is 8.78 Å². The number of hydrogen-bond donors (Lipinski definition) is 1. The van der Waals surface area contributed by atoms with Crippen molar-refractivity contribution in [1.29, 1.82) is 0 Å². The van der Waals surface area contributed by atoms with E-state index in [2.05, 4.69) is 20.9 Å². The zero-order chi connectivity index (χ0) is 10.0. The van der Waals surface area contributed by atoms with Crippen LogP contribution in [0.3, 0.4) is 0 Å². The lowest BCUT2D eigenvalue weighted by Gasteiger charge is -2.08. The summed E-state index contributed by atoms with van der Waals surface area (Å²) >= 11 is 8.60. The molecule has 2 N–H and O–H groups in total. The lowest BCUT2D eigenvalue weighted by molar-refractivity contribution is 0.144. The summed E-state index contributed by atoms with van der Waals surface area (Å²) in [6.45, 7) is 0.00439. The van der Waals surface area contributed by atoms with Gasteiger partial charge in [-0.05, 0) is 6.07 Å². The highest BCUT2D eigenvalue weighted by molar-refractivity contribution is 9.10. The summed E-state index contributed by atoms with van der Waals surface area (Å²) < 4.78 is 25.2. The molecule has 72 valence electrons. The molecule has 1 heterocycles. The van der Waals surface area contributed by atoms with E-state index in [0.717, 1.165) is 0 Å². The number of hydrogen-bond acceptors (Lipinski definition) is 2. The van der Waals surface area contributed by atoms with Gasteiger partial charge in [-0.1, -0.05) is 27.5 Å². The number of nitrogens with two attached hydrogens (primary N) is 1. The quantitative estimate of drug-likeness (QED) is 0.840. The molecule has 0 atom stereocenters. The predicted octanol–water partition coefficient (Wildman–Crippen LogP) is 2.89. The second-order valence-corrected chi connectivity index (χ2v) is 3.54. The molecule has 0 unspecified atom stereocenters. The van der Waals surface area contributed by atoms with Crippen molar-refractivity contribution < 1.29 is 8.78 Å².